The molecular formula is C23H30IN5O. The lowest BCUT2D eigenvalue weighted by Crippen LogP contribution is -2.40. The summed E-state index contributed by atoms with van der Waals surface area (Å²) < 4.78 is 5.15. The van der Waals surface area contributed by atoms with Crippen molar-refractivity contribution in [3.8, 4) is 0 Å². The van der Waals surface area contributed by atoms with E-state index in [4.69, 9.17) is 4.52 Å². The van der Waals surface area contributed by atoms with Crippen LogP contribution in [-0.2, 0) is 12.8 Å². The van der Waals surface area contributed by atoms with Crippen LogP contribution in [-0.4, -0.2) is 36.2 Å². The summed E-state index contributed by atoms with van der Waals surface area (Å²) >= 11 is 0. The van der Waals surface area contributed by atoms with E-state index in [1.54, 1.807) is 7.05 Å². The third-order valence-electron chi connectivity index (χ3n) is 4.76. The van der Waals surface area contributed by atoms with Crippen LogP contribution in [0.15, 0.2) is 70.2 Å². The van der Waals surface area contributed by atoms with Gasteiger partial charge in [0.05, 0.1) is 0 Å². The van der Waals surface area contributed by atoms with Crippen LogP contribution < -0.4 is 10.6 Å². The van der Waals surface area contributed by atoms with E-state index >= 15 is 0 Å². The van der Waals surface area contributed by atoms with Crippen molar-refractivity contribution in [2.24, 2.45) is 4.99 Å². The quantitative estimate of drug-likeness (QED) is 0.193. The zero-order chi connectivity index (χ0) is 20.3. The van der Waals surface area contributed by atoms with Crippen molar-refractivity contribution in [3.05, 3.63) is 83.5 Å². The molecule has 30 heavy (non-hydrogen) atoms. The first-order valence-electron chi connectivity index (χ1n) is 10.1. The van der Waals surface area contributed by atoms with Gasteiger partial charge in [0.25, 0.3) is 0 Å². The zero-order valence-electron chi connectivity index (χ0n) is 17.5. The molecule has 0 spiro atoms. The average molecular weight is 519 g/mol. The van der Waals surface area contributed by atoms with Crippen molar-refractivity contribution in [1.82, 2.24) is 20.8 Å². The largest absolute Gasteiger partial charge is 0.356 e. The van der Waals surface area contributed by atoms with Gasteiger partial charge < -0.3 is 15.2 Å². The molecule has 0 fully saturated rings. The Morgan fingerprint density at radius 1 is 1.03 bits per heavy atom. The number of hydrogen-bond acceptors (Lipinski definition) is 4. The molecule has 3 rings (SSSR count). The van der Waals surface area contributed by atoms with E-state index in [1.807, 2.05) is 6.92 Å². The molecule has 0 bridgehead atoms. The van der Waals surface area contributed by atoms with E-state index in [0.29, 0.717) is 17.6 Å². The number of guanidine groups is 1. The molecule has 7 heteroatoms. The molecule has 160 valence electrons. The highest BCUT2D eigenvalue weighted by molar-refractivity contribution is 14.0. The Morgan fingerprint density at radius 3 is 2.37 bits per heavy atom. The van der Waals surface area contributed by atoms with Gasteiger partial charge in [-0.05, 0) is 30.9 Å². The molecule has 0 aliphatic carbocycles. The lowest BCUT2D eigenvalue weighted by atomic mass is 9.92. The predicted octanol–water partition coefficient (Wildman–Crippen LogP) is 4.12. The van der Waals surface area contributed by atoms with Crippen molar-refractivity contribution in [3.63, 3.8) is 0 Å². The fraction of sp³-hybridized carbons (Fsp3) is 0.348. The van der Waals surface area contributed by atoms with Crippen LogP contribution in [0.3, 0.4) is 0 Å². The van der Waals surface area contributed by atoms with Gasteiger partial charge in [-0.2, -0.15) is 4.98 Å². The van der Waals surface area contributed by atoms with Gasteiger partial charge in [-0.25, -0.2) is 0 Å². The monoisotopic (exact) mass is 519 g/mol. The van der Waals surface area contributed by atoms with E-state index in [0.717, 1.165) is 38.3 Å². The maximum atomic E-state index is 5.15. The Bertz CT molecular complexity index is 883. The number of aryl methyl sites for hydroxylation is 2. The van der Waals surface area contributed by atoms with Crippen LogP contribution in [0, 0.1) is 6.92 Å². The van der Waals surface area contributed by atoms with Gasteiger partial charge in [-0.1, -0.05) is 65.8 Å². The van der Waals surface area contributed by atoms with E-state index in [9.17, 15) is 0 Å². The molecule has 0 saturated carbocycles. The second-order valence-electron chi connectivity index (χ2n) is 7.02. The molecule has 1 aromatic heterocycles. The van der Waals surface area contributed by atoms with Gasteiger partial charge in [0.1, 0.15) is 0 Å². The second-order valence-corrected chi connectivity index (χ2v) is 7.02. The molecule has 1 atom stereocenters. The summed E-state index contributed by atoms with van der Waals surface area (Å²) in [5, 5.41) is 10.7. The highest BCUT2D eigenvalue weighted by atomic mass is 127. The molecule has 0 radical (unpaired) electrons. The third-order valence-corrected chi connectivity index (χ3v) is 4.76. The molecule has 0 saturated heterocycles. The first-order valence-corrected chi connectivity index (χ1v) is 10.1. The van der Waals surface area contributed by atoms with Crippen LogP contribution in [0.5, 0.6) is 0 Å². The number of nitrogens with one attached hydrogen (secondary N) is 2. The molecule has 1 unspecified atom stereocenters. The van der Waals surface area contributed by atoms with Crippen molar-refractivity contribution >= 4 is 29.9 Å². The number of aromatic nitrogens is 2. The maximum absolute atomic E-state index is 5.15. The minimum atomic E-state index is 0. The van der Waals surface area contributed by atoms with E-state index in [1.165, 1.54) is 11.1 Å². The van der Waals surface area contributed by atoms with Crippen molar-refractivity contribution in [2.75, 3.05) is 20.1 Å². The summed E-state index contributed by atoms with van der Waals surface area (Å²) in [7, 11) is 1.80. The summed E-state index contributed by atoms with van der Waals surface area (Å²) in [6.07, 6.45) is 2.63. The normalized spacial score (nSPS) is 12.1. The molecule has 3 aromatic rings. The Balaban J connectivity index is 0.00000320. The molecule has 6 nitrogen and oxygen atoms in total. The molecule has 2 N–H and O–H groups in total. The lowest BCUT2D eigenvalue weighted by molar-refractivity contribution is 0.372. The molecule has 0 amide bonds. The maximum Gasteiger partial charge on any atom is 0.226 e. The minimum Gasteiger partial charge on any atom is -0.356 e. The molecule has 2 aromatic carbocycles. The SMILES string of the molecule is CN=C(NCCCc1nc(C)no1)NCC(Cc1ccccc1)c1ccccc1.I. The summed E-state index contributed by atoms with van der Waals surface area (Å²) in [6.45, 7) is 3.42. The number of hydrogen-bond donors (Lipinski definition) is 2. The van der Waals surface area contributed by atoms with Crippen molar-refractivity contribution < 1.29 is 4.52 Å². The fourth-order valence-electron chi connectivity index (χ4n) is 3.26. The van der Waals surface area contributed by atoms with Gasteiger partial charge >= 0.3 is 0 Å². The molecular weight excluding hydrogens is 489 g/mol. The summed E-state index contributed by atoms with van der Waals surface area (Å²) in [5.74, 6) is 2.52. The zero-order valence-corrected chi connectivity index (χ0v) is 19.9. The number of halogens is 1. The van der Waals surface area contributed by atoms with E-state index < -0.39 is 0 Å². The number of rotatable bonds is 9. The Labute approximate surface area is 195 Å². The summed E-state index contributed by atoms with van der Waals surface area (Å²) in [5.41, 5.74) is 2.66. The van der Waals surface area contributed by atoms with Crippen LogP contribution in [0.25, 0.3) is 0 Å². The van der Waals surface area contributed by atoms with Gasteiger partial charge in [0.15, 0.2) is 11.8 Å². The molecule has 0 aliphatic rings. The van der Waals surface area contributed by atoms with Crippen LogP contribution in [0.1, 0.15) is 35.2 Å². The Morgan fingerprint density at radius 2 is 1.73 bits per heavy atom. The number of aliphatic imine (C=N–C) groups is 1. The van der Waals surface area contributed by atoms with E-state index in [2.05, 4.69) is 86.4 Å². The van der Waals surface area contributed by atoms with Crippen LogP contribution in [0.2, 0.25) is 0 Å². The molecule has 0 aliphatic heterocycles. The van der Waals surface area contributed by atoms with Gasteiger partial charge in [-0.15, -0.1) is 24.0 Å². The van der Waals surface area contributed by atoms with E-state index in [-0.39, 0.29) is 24.0 Å². The van der Waals surface area contributed by atoms with Gasteiger partial charge in [-0.3, -0.25) is 4.99 Å². The van der Waals surface area contributed by atoms with Crippen LogP contribution >= 0.6 is 24.0 Å². The minimum absolute atomic E-state index is 0. The van der Waals surface area contributed by atoms with Gasteiger partial charge in [0.2, 0.25) is 5.89 Å². The molecule has 1 heterocycles. The predicted molar refractivity (Wildman–Crippen MR) is 131 cm³/mol. The highest BCUT2D eigenvalue weighted by Gasteiger charge is 2.13. The summed E-state index contributed by atoms with van der Waals surface area (Å²) in [4.78, 5) is 8.58. The van der Waals surface area contributed by atoms with Crippen molar-refractivity contribution in [2.45, 2.75) is 32.1 Å². The topological polar surface area (TPSA) is 75.3 Å². The lowest BCUT2D eigenvalue weighted by Gasteiger charge is -2.20. The fourth-order valence-corrected chi connectivity index (χ4v) is 3.26. The first kappa shape index (κ1) is 23.9. The average Bonchev–Trinajstić information content (AvgIpc) is 3.18. The highest BCUT2D eigenvalue weighted by Crippen LogP contribution is 2.20. The second kappa shape index (κ2) is 13.0. The first-order chi connectivity index (χ1) is 14.2. The van der Waals surface area contributed by atoms with Crippen molar-refractivity contribution in [1.29, 1.82) is 0 Å². The third kappa shape index (κ3) is 7.78. The van der Waals surface area contributed by atoms with Crippen LogP contribution in [0.4, 0.5) is 0 Å². The standard InChI is InChI=1S/C23H29N5O.HI/c1-18-27-22(29-28-18)14-9-15-25-23(24-2)26-17-21(20-12-7-4-8-13-20)16-19-10-5-3-6-11-19;/h3-8,10-13,21H,9,14-17H2,1-2H3,(H2,24,25,26);1H. The smallest absolute Gasteiger partial charge is 0.226 e. The van der Waals surface area contributed by atoms with Gasteiger partial charge in [0, 0.05) is 32.5 Å². The Kier molecular flexibility index (Phi) is 10.3. The number of benzene rings is 2. The number of nitrogens with zero attached hydrogens (tertiary/aromatic N) is 3. The Hall–Kier alpha value is -2.42. The summed E-state index contributed by atoms with van der Waals surface area (Å²) in [6, 6.07) is 21.2.